The van der Waals surface area contributed by atoms with E-state index >= 15 is 0 Å². The molecule has 1 amide bonds. The fourth-order valence-electron chi connectivity index (χ4n) is 2.68. The molecule has 11 nitrogen and oxygen atoms in total. The molecule has 0 atom stereocenters. The molecule has 0 aliphatic heterocycles. The first-order valence-electron chi connectivity index (χ1n) is 9.16. The molecule has 12 heteroatoms. The van der Waals surface area contributed by atoms with Crippen molar-refractivity contribution in [2.24, 2.45) is 5.10 Å². The van der Waals surface area contributed by atoms with Gasteiger partial charge in [-0.3, -0.25) is 25.0 Å². The molecular formula is C21H15ClN4O7. The van der Waals surface area contributed by atoms with Crippen molar-refractivity contribution in [2.75, 3.05) is 7.11 Å². The number of carbonyl (C=O) groups excluding carboxylic acids is 1. The number of benzene rings is 3. The van der Waals surface area contributed by atoms with Gasteiger partial charge in [-0.2, -0.15) is 5.10 Å². The van der Waals surface area contributed by atoms with E-state index in [-0.39, 0.29) is 17.2 Å². The average molecular weight is 471 g/mol. The van der Waals surface area contributed by atoms with Crippen molar-refractivity contribution in [1.29, 1.82) is 0 Å². The van der Waals surface area contributed by atoms with Crippen LogP contribution in [0.1, 0.15) is 15.9 Å². The fourth-order valence-corrected chi connectivity index (χ4v) is 2.87. The monoisotopic (exact) mass is 470 g/mol. The number of methoxy groups -OCH3 is 1. The SMILES string of the molecule is COc1cc(/C=N/NC(=O)c2cccc(Cl)c2)ccc1Oc1ccc([N+](=O)[O-])cc1[N+](=O)[O-]. The predicted octanol–water partition coefficient (Wildman–Crippen LogP) is 4.72. The molecule has 33 heavy (non-hydrogen) atoms. The van der Waals surface area contributed by atoms with Gasteiger partial charge in [0.1, 0.15) is 0 Å². The van der Waals surface area contributed by atoms with Crippen LogP contribution in [0.5, 0.6) is 17.2 Å². The summed E-state index contributed by atoms with van der Waals surface area (Å²) < 4.78 is 10.8. The first kappa shape index (κ1) is 23.2. The van der Waals surface area contributed by atoms with Gasteiger partial charge in [0.2, 0.25) is 5.75 Å². The molecule has 0 unspecified atom stereocenters. The van der Waals surface area contributed by atoms with Crippen LogP contribution in [0.4, 0.5) is 11.4 Å². The van der Waals surface area contributed by atoms with Crippen LogP contribution < -0.4 is 14.9 Å². The molecule has 168 valence electrons. The zero-order valence-electron chi connectivity index (χ0n) is 16.9. The van der Waals surface area contributed by atoms with Gasteiger partial charge in [-0.25, -0.2) is 5.43 Å². The summed E-state index contributed by atoms with van der Waals surface area (Å²) in [6.07, 6.45) is 1.36. The van der Waals surface area contributed by atoms with Crippen molar-refractivity contribution < 1.29 is 24.1 Å². The molecule has 0 aliphatic rings. The lowest BCUT2D eigenvalue weighted by atomic mass is 10.2. The van der Waals surface area contributed by atoms with Crippen LogP contribution in [0.15, 0.2) is 65.8 Å². The first-order chi connectivity index (χ1) is 15.8. The van der Waals surface area contributed by atoms with Crippen molar-refractivity contribution in [3.63, 3.8) is 0 Å². The minimum Gasteiger partial charge on any atom is -0.493 e. The van der Waals surface area contributed by atoms with Crippen molar-refractivity contribution in [3.05, 3.63) is 97.0 Å². The number of rotatable bonds is 8. The normalized spacial score (nSPS) is 10.6. The van der Waals surface area contributed by atoms with E-state index in [0.29, 0.717) is 16.1 Å². The lowest BCUT2D eigenvalue weighted by Gasteiger charge is -2.11. The number of hydrazone groups is 1. The summed E-state index contributed by atoms with van der Waals surface area (Å²) in [5.74, 6) is -0.299. The number of hydrogen-bond acceptors (Lipinski definition) is 8. The van der Waals surface area contributed by atoms with Crippen LogP contribution in [-0.4, -0.2) is 29.1 Å². The maximum absolute atomic E-state index is 12.1. The average Bonchev–Trinajstić information content (AvgIpc) is 2.79. The van der Waals surface area contributed by atoms with Gasteiger partial charge in [0.05, 0.1) is 29.2 Å². The second kappa shape index (κ2) is 10.2. The molecule has 3 aromatic rings. The lowest BCUT2D eigenvalue weighted by molar-refractivity contribution is -0.394. The van der Waals surface area contributed by atoms with Crippen LogP contribution in [0, 0.1) is 20.2 Å². The number of nitrogens with zero attached hydrogens (tertiary/aromatic N) is 3. The highest BCUT2D eigenvalue weighted by Gasteiger charge is 2.22. The summed E-state index contributed by atoms with van der Waals surface area (Å²) in [4.78, 5) is 32.8. The second-order valence-corrected chi connectivity index (χ2v) is 6.82. The van der Waals surface area contributed by atoms with Gasteiger partial charge in [-0.1, -0.05) is 17.7 Å². The Hall–Kier alpha value is -4.51. The highest BCUT2D eigenvalue weighted by Crippen LogP contribution is 2.38. The van der Waals surface area contributed by atoms with E-state index in [9.17, 15) is 25.0 Å². The predicted molar refractivity (Wildman–Crippen MR) is 119 cm³/mol. The summed E-state index contributed by atoms with van der Waals surface area (Å²) in [7, 11) is 1.37. The van der Waals surface area contributed by atoms with Crippen LogP contribution >= 0.6 is 11.6 Å². The minimum atomic E-state index is -0.779. The Morgan fingerprint density at radius 3 is 2.42 bits per heavy atom. The molecule has 0 aromatic heterocycles. The van der Waals surface area contributed by atoms with E-state index in [2.05, 4.69) is 10.5 Å². The van der Waals surface area contributed by atoms with Crippen LogP contribution in [0.2, 0.25) is 5.02 Å². The molecule has 0 spiro atoms. The zero-order chi connectivity index (χ0) is 24.0. The standard InChI is InChI=1S/C21H15ClN4O7/c1-32-20-9-13(12-23-24-21(27)14-3-2-4-15(22)10-14)5-7-19(20)33-18-8-6-16(25(28)29)11-17(18)26(30)31/h2-12H,1H3,(H,24,27)/b23-12+. The van der Waals surface area contributed by atoms with E-state index < -0.39 is 27.1 Å². The quantitative estimate of drug-likeness (QED) is 0.284. The Labute approximate surface area is 191 Å². The number of halogens is 1. The Morgan fingerprint density at radius 1 is 1.00 bits per heavy atom. The molecule has 0 saturated carbocycles. The van der Waals surface area contributed by atoms with Gasteiger partial charge in [0.25, 0.3) is 11.6 Å². The van der Waals surface area contributed by atoms with E-state index in [1.54, 1.807) is 24.3 Å². The third-order valence-corrected chi connectivity index (χ3v) is 4.46. The molecule has 0 heterocycles. The van der Waals surface area contributed by atoms with Gasteiger partial charge >= 0.3 is 5.69 Å². The number of ether oxygens (including phenoxy) is 2. The van der Waals surface area contributed by atoms with Gasteiger partial charge < -0.3 is 9.47 Å². The summed E-state index contributed by atoms with van der Waals surface area (Å²) in [6, 6.07) is 14.0. The largest absolute Gasteiger partial charge is 0.493 e. The zero-order valence-corrected chi connectivity index (χ0v) is 17.7. The van der Waals surface area contributed by atoms with Crippen molar-refractivity contribution in [3.8, 4) is 17.2 Å². The number of nitro benzene ring substituents is 2. The van der Waals surface area contributed by atoms with Gasteiger partial charge in [0.15, 0.2) is 11.5 Å². The molecule has 1 N–H and O–H groups in total. The molecular weight excluding hydrogens is 456 g/mol. The van der Waals surface area contributed by atoms with Crippen LogP contribution in [-0.2, 0) is 0 Å². The van der Waals surface area contributed by atoms with Gasteiger partial charge in [0, 0.05) is 16.7 Å². The van der Waals surface area contributed by atoms with Crippen molar-refractivity contribution >= 4 is 35.1 Å². The van der Waals surface area contributed by atoms with E-state index in [1.165, 1.54) is 31.5 Å². The molecule has 0 saturated heterocycles. The summed E-state index contributed by atoms with van der Waals surface area (Å²) in [6.45, 7) is 0. The molecule has 3 aromatic carbocycles. The molecule has 0 fully saturated rings. The Balaban J connectivity index is 1.77. The van der Waals surface area contributed by atoms with Crippen molar-refractivity contribution in [1.82, 2.24) is 5.43 Å². The number of amides is 1. The Morgan fingerprint density at radius 2 is 1.76 bits per heavy atom. The summed E-state index contributed by atoms with van der Waals surface area (Å²) >= 11 is 5.86. The summed E-state index contributed by atoms with van der Waals surface area (Å²) in [5.41, 5.74) is 2.23. The maximum atomic E-state index is 12.1. The Bertz CT molecular complexity index is 1260. The van der Waals surface area contributed by atoms with Gasteiger partial charge in [-0.05, 0) is 48.0 Å². The van der Waals surface area contributed by atoms with Crippen LogP contribution in [0.3, 0.4) is 0 Å². The lowest BCUT2D eigenvalue weighted by Crippen LogP contribution is -2.17. The highest BCUT2D eigenvalue weighted by molar-refractivity contribution is 6.30. The number of nitro groups is 2. The smallest absolute Gasteiger partial charge is 0.318 e. The van der Waals surface area contributed by atoms with E-state index in [4.69, 9.17) is 21.1 Å². The summed E-state index contributed by atoms with van der Waals surface area (Å²) in [5, 5.41) is 26.5. The molecule has 0 aliphatic carbocycles. The third-order valence-electron chi connectivity index (χ3n) is 4.22. The van der Waals surface area contributed by atoms with Crippen LogP contribution in [0.25, 0.3) is 0 Å². The number of carbonyl (C=O) groups is 1. The third kappa shape index (κ3) is 5.80. The first-order valence-corrected chi connectivity index (χ1v) is 9.54. The topological polar surface area (TPSA) is 146 Å². The minimum absolute atomic E-state index is 0.134. The number of hydrogen-bond donors (Lipinski definition) is 1. The second-order valence-electron chi connectivity index (χ2n) is 6.39. The Kier molecular flexibility index (Phi) is 7.16. The van der Waals surface area contributed by atoms with Gasteiger partial charge in [-0.15, -0.1) is 0 Å². The molecule has 3 rings (SSSR count). The number of non-ortho nitro benzene ring substituents is 1. The maximum Gasteiger partial charge on any atom is 0.318 e. The van der Waals surface area contributed by atoms with Crippen molar-refractivity contribution in [2.45, 2.75) is 0 Å². The van der Waals surface area contributed by atoms with E-state index in [1.807, 2.05) is 0 Å². The highest BCUT2D eigenvalue weighted by atomic mass is 35.5. The molecule has 0 bridgehead atoms. The van der Waals surface area contributed by atoms with E-state index in [0.717, 1.165) is 18.2 Å². The molecule has 0 radical (unpaired) electrons. The fraction of sp³-hybridized carbons (Fsp3) is 0.0476. The number of nitrogens with one attached hydrogen (secondary N) is 1.